The van der Waals surface area contributed by atoms with Crippen molar-refractivity contribution >= 4 is 35.5 Å². The molecule has 0 spiro atoms. The molecule has 0 bridgehead atoms. The molecule has 0 radical (unpaired) electrons. The summed E-state index contributed by atoms with van der Waals surface area (Å²) in [6, 6.07) is 4.55. The van der Waals surface area contributed by atoms with E-state index in [1.807, 2.05) is 26.0 Å². The molecule has 2 aliphatic rings. The highest BCUT2D eigenvalue weighted by atomic mass is 32.2. The second-order valence-corrected chi connectivity index (χ2v) is 9.31. The third-order valence-electron chi connectivity index (χ3n) is 5.03. The second-order valence-electron chi connectivity index (χ2n) is 7.57. The van der Waals surface area contributed by atoms with Crippen LogP contribution in [0.15, 0.2) is 24.3 Å². The minimum absolute atomic E-state index is 0.199. The minimum Gasteiger partial charge on any atom is -0.480 e. The van der Waals surface area contributed by atoms with Crippen molar-refractivity contribution in [2.75, 3.05) is 0 Å². The van der Waals surface area contributed by atoms with Gasteiger partial charge in [-0.05, 0) is 39.3 Å². The van der Waals surface area contributed by atoms with Crippen molar-refractivity contribution in [1.29, 1.82) is 0 Å². The maximum Gasteiger partial charge on any atom is 0.325 e. The molecule has 1 fully saturated rings. The number of benzene rings is 1. The summed E-state index contributed by atoms with van der Waals surface area (Å²) in [7, 11) is 0. The highest BCUT2D eigenvalue weighted by molar-refractivity contribution is 8.01. The molecule has 0 unspecified atom stereocenters. The van der Waals surface area contributed by atoms with E-state index in [0.29, 0.717) is 5.56 Å². The molecule has 150 valence electrons. The lowest BCUT2D eigenvalue weighted by atomic mass is 10.0. The lowest BCUT2D eigenvalue weighted by molar-refractivity contribution is -0.141. The molecule has 0 aliphatic carbocycles. The lowest BCUT2D eigenvalue weighted by Gasteiger charge is -2.30. The number of carboxylic acids is 1. The quantitative estimate of drug-likeness (QED) is 0.676. The van der Waals surface area contributed by atoms with E-state index in [2.05, 4.69) is 10.6 Å². The molecule has 0 aromatic heterocycles. The summed E-state index contributed by atoms with van der Waals surface area (Å²) >= 11 is 1.54. The monoisotopic (exact) mass is 405 g/mol. The smallest absolute Gasteiger partial charge is 0.325 e. The van der Waals surface area contributed by atoms with Crippen LogP contribution in [-0.4, -0.2) is 56.6 Å². The molecule has 3 amide bonds. The Kier molecular flexibility index (Phi) is 5.14. The van der Waals surface area contributed by atoms with Crippen LogP contribution in [0.1, 0.15) is 49.0 Å². The standard InChI is InChI=1S/C19H23N3O5S/c1-9(14(23)21-10(2)18(26)27)20-15(24)13-19(3,4)28-17-12-8-6-5-7-11(12)16(25)22(13)17/h5-10,13,17H,1-4H3,(H,20,24)(H,21,23)(H,26,27)/t9-,10+,13+,17+/m0/s1. The van der Waals surface area contributed by atoms with Gasteiger partial charge in [-0.15, -0.1) is 11.8 Å². The number of carbonyl (C=O) groups excluding carboxylic acids is 3. The molecule has 2 aliphatic heterocycles. The zero-order chi connectivity index (χ0) is 20.8. The van der Waals surface area contributed by atoms with Crippen LogP contribution in [0.3, 0.4) is 0 Å². The van der Waals surface area contributed by atoms with Gasteiger partial charge in [0.2, 0.25) is 11.8 Å². The van der Waals surface area contributed by atoms with Crippen molar-refractivity contribution in [3.8, 4) is 0 Å². The van der Waals surface area contributed by atoms with E-state index >= 15 is 0 Å². The number of carbonyl (C=O) groups is 4. The third-order valence-corrected chi connectivity index (χ3v) is 6.56. The Labute approximate surface area is 167 Å². The number of hydrogen-bond acceptors (Lipinski definition) is 5. The van der Waals surface area contributed by atoms with Gasteiger partial charge in [0.15, 0.2) is 0 Å². The lowest BCUT2D eigenvalue weighted by Crippen LogP contribution is -2.57. The predicted molar refractivity (Wildman–Crippen MR) is 104 cm³/mol. The van der Waals surface area contributed by atoms with Crippen LogP contribution in [0.2, 0.25) is 0 Å². The molecule has 28 heavy (non-hydrogen) atoms. The van der Waals surface area contributed by atoms with Crippen LogP contribution < -0.4 is 10.6 Å². The van der Waals surface area contributed by atoms with E-state index in [1.165, 1.54) is 25.6 Å². The number of carboxylic acid groups (broad SMARTS) is 1. The van der Waals surface area contributed by atoms with Crippen LogP contribution in [0.4, 0.5) is 0 Å². The van der Waals surface area contributed by atoms with E-state index in [-0.39, 0.29) is 11.3 Å². The number of amides is 3. The van der Waals surface area contributed by atoms with Gasteiger partial charge < -0.3 is 20.6 Å². The second kappa shape index (κ2) is 7.12. The van der Waals surface area contributed by atoms with Crippen LogP contribution in [0.5, 0.6) is 0 Å². The van der Waals surface area contributed by atoms with Gasteiger partial charge in [-0.1, -0.05) is 18.2 Å². The SMILES string of the molecule is C[C@H](NC(=O)[C@H]1N2C(=O)c3ccccc3[C@H]2SC1(C)C)C(=O)N[C@H](C)C(=O)O. The van der Waals surface area contributed by atoms with Gasteiger partial charge >= 0.3 is 5.97 Å². The number of hydrogen-bond donors (Lipinski definition) is 3. The van der Waals surface area contributed by atoms with Gasteiger partial charge in [-0.25, -0.2) is 0 Å². The fraction of sp³-hybridized carbons (Fsp3) is 0.474. The van der Waals surface area contributed by atoms with Crippen LogP contribution in [0.25, 0.3) is 0 Å². The summed E-state index contributed by atoms with van der Waals surface area (Å²) in [5, 5.41) is 13.6. The number of nitrogens with one attached hydrogen (secondary N) is 2. The molecular formula is C19H23N3O5S. The average Bonchev–Trinajstić information content (AvgIpc) is 3.04. The third kappa shape index (κ3) is 3.34. The van der Waals surface area contributed by atoms with Gasteiger partial charge in [0, 0.05) is 10.3 Å². The van der Waals surface area contributed by atoms with Crippen molar-refractivity contribution < 1.29 is 24.3 Å². The Balaban J connectivity index is 1.77. The van der Waals surface area contributed by atoms with E-state index in [0.717, 1.165) is 5.56 Å². The summed E-state index contributed by atoms with van der Waals surface area (Å²) in [6.45, 7) is 6.62. The Morgan fingerprint density at radius 1 is 1.14 bits per heavy atom. The first-order valence-corrected chi connectivity index (χ1v) is 9.85. The molecular weight excluding hydrogens is 382 g/mol. The fourth-order valence-electron chi connectivity index (χ4n) is 3.56. The number of aliphatic carboxylic acids is 1. The van der Waals surface area contributed by atoms with Crippen molar-refractivity contribution in [2.45, 2.75) is 55.9 Å². The summed E-state index contributed by atoms with van der Waals surface area (Å²) in [5.74, 6) is -2.40. The molecule has 0 saturated carbocycles. The first kappa shape index (κ1) is 20.2. The first-order chi connectivity index (χ1) is 13.0. The van der Waals surface area contributed by atoms with Crippen LogP contribution in [0, 0.1) is 0 Å². The molecule has 3 rings (SSSR count). The van der Waals surface area contributed by atoms with Gasteiger partial charge in [0.05, 0.1) is 0 Å². The maximum atomic E-state index is 13.0. The first-order valence-electron chi connectivity index (χ1n) is 8.97. The maximum absolute atomic E-state index is 13.0. The topological polar surface area (TPSA) is 116 Å². The Morgan fingerprint density at radius 2 is 1.79 bits per heavy atom. The summed E-state index contributed by atoms with van der Waals surface area (Å²) in [6.07, 6.45) is 0. The number of fused-ring (bicyclic) bond motifs is 3. The van der Waals surface area contributed by atoms with Gasteiger partial charge in [-0.3, -0.25) is 19.2 Å². The van der Waals surface area contributed by atoms with Gasteiger partial charge in [0.1, 0.15) is 23.5 Å². The molecule has 2 heterocycles. The Hall–Kier alpha value is -2.55. The largest absolute Gasteiger partial charge is 0.480 e. The van der Waals surface area contributed by atoms with Crippen molar-refractivity contribution in [3.05, 3.63) is 35.4 Å². The molecule has 4 atom stereocenters. The van der Waals surface area contributed by atoms with Crippen molar-refractivity contribution in [1.82, 2.24) is 15.5 Å². The highest BCUT2D eigenvalue weighted by Gasteiger charge is 2.57. The summed E-state index contributed by atoms with van der Waals surface area (Å²) < 4.78 is -0.553. The number of thioether (sulfide) groups is 1. The molecule has 9 heteroatoms. The molecule has 1 saturated heterocycles. The Bertz CT molecular complexity index is 856. The molecule has 8 nitrogen and oxygen atoms in total. The van der Waals surface area contributed by atoms with Crippen molar-refractivity contribution in [2.24, 2.45) is 0 Å². The van der Waals surface area contributed by atoms with E-state index in [1.54, 1.807) is 17.0 Å². The Morgan fingerprint density at radius 3 is 2.43 bits per heavy atom. The van der Waals surface area contributed by atoms with E-state index in [9.17, 15) is 19.2 Å². The number of rotatable bonds is 5. The number of nitrogens with zero attached hydrogens (tertiary/aromatic N) is 1. The van der Waals surface area contributed by atoms with Gasteiger partial charge in [0.25, 0.3) is 5.91 Å². The zero-order valence-electron chi connectivity index (χ0n) is 16.1. The van der Waals surface area contributed by atoms with E-state index in [4.69, 9.17) is 5.11 Å². The summed E-state index contributed by atoms with van der Waals surface area (Å²) in [4.78, 5) is 50.6. The van der Waals surface area contributed by atoms with Crippen LogP contribution >= 0.6 is 11.8 Å². The minimum atomic E-state index is -1.16. The van der Waals surface area contributed by atoms with E-state index < -0.39 is 40.7 Å². The zero-order valence-corrected chi connectivity index (χ0v) is 16.9. The highest BCUT2D eigenvalue weighted by Crippen LogP contribution is 2.56. The fourth-order valence-corrected chi connectivity index (χ4v) is 5.15. The molecule has 3 N–H and O–H groups in total. The average molecular weight is 405 g/mol. The molecule has 1 aromatic rings. The molecule has 1 aromatic carbocycles. The predicted octanol–water partition coefficient (Wildman–Crippen LogP) is 1.13. The van der Waals surface area contributed by atoms with Crippen molar-refractivity contribution in [3.63, 3.8) is 0 Å². The van der Waals surface area contributed by atoms with Gasteiger partial charge in [-0.2, -0.15) is 0 Å². The summed E-state index contributed by atoms with van der Waals surface area (Å²) in [5.41, 5.74) is 1.48. The normalized spacial score (nSPS) is 24.1. The van der Waals surface area contributed by atoms with Crippen LogP contribution in [-0.2, 0) is 14.4 Å².